The maximum Gasteiger partial charge on any atom is 0.270 e. The Kier molecular flexibility index (Phi) is 3.93. The zero-order chi connectivity index (χ0) is 18.1. The van der Waals surface area contributed by atoms with Gasteiger partial charge in [0, 0.05) is 23.1 Å². The van der Waals surface area contributed by atoms with E-state index in [9.17, 15) is 10.1 Å². The van der Waals surface area contributed by atoms with E-state index in [0.717, 1.165) is 38.9 Å². The van der Waals surface area contributed by atoms with Crippen LogP contribution < -0.4 is 0 Å². The van der Waals surface area contributed by atoms with E-state index in [1.54, 1.807) is 12.1 Å². The third-order valence-corrected chi connectivity index (χ3v) is 4.53. The highest BCUT2D eigenvalue weighted by Crippen LogP contribution is 2.37. The smallest absolute Gasteiger partial charge is 0.258 e. The average molecular weight is 340 g/mol. The fourth-order valence-electron chi connectivity index (χ4n) is 3.31. The first-order chi connectivity index (χ1) is 12.6. The fourth-order valence-corrected chi connectivity index (χ4v) is 3.31. The third kappa shape index (κ3) is 2.71. The molecule has 0 aliphatic carbocycles. The number of non-ortho nitro benzene ring substituents is 1. The van der Waals surface area contributed by atoms with Crippen molar-refractivity contribution >= 4 is 16.6 Å². The highest BCUT2D eigenvalue weighted by Gasteiger charge is 2.17. The van der Waals surface area contributed by atoms with E-state index < -0.39 is 0 Å². The molecule has 3 aromatic carbocycles. The van der Waals surface area contributed by atoms with Crippen molar-refractivity contribution < 1.29 is 4.92 Å². The van der Waals surface area contributed by atoms with Crippen molar-refractivity contribution in [2.45, 2.75) is 6.92 Å². The van der Waals surface area contributed by atoms with Gasteiger partial charge in [0.15, 0.2) is 0 Å². The summed E-state index contributed by atoms with van der Waals surface area (Å²) in [5, 5.41) is 12.0. The van der Waals surface area contributed by atoms with Crippen LogP contribution in [0.3, 0.4) is 0 Å². The van der Waals surface area contributed by atoms with Crippen LogP contribution in [0.4, 0.5) is 5.69 Å². The van der Waals surface area contributed by atoms with Gasteiger partial charge in [0.05, 0.1) is 16.1 Å². The Hall–Kier alpha value is -3.53. The molecule has 4 heteroatoms. The molecule has 0 bridgehead atoms. The van der Waals surface area contributed by atoms with Crippen LogP contribution in [-0.2, 0) is 0 Å². The van der Waals surface area contributed by atoms with E-state index in [1.165, 1.54) is 6.07 Å². The number of benzene rings is 3. The minimum atomic E-state index is -0.366. The second-order valence-electron chi connectivity index (χ2n) is 6.15. The predicted molar refractivity (Wildman–Crippen MR) is 104 cm³/mol. The lowest BCUT2D eigenvalue weighted by molar-refractivity contribution is -0.384. The molecule has 0 radical (unpaired) electrons. The number of pyridine rings is 1. The summed E-state index contributed by atoms with van der Waals surface area (Å²) in [7, 11) is 0. The Morgan fingerprint density at radius 1 is 0.846 bits per heavy atom. The molecule has 1 aromatic heterocycles. The summed E-state index contributed by atoms with van der Waals surface area (Å²) in [5.74, 6) is 0. The van der Waals surface area contributed by atoms with Gasteiger partial charge in [-0.2, -0.15) is 0 Å². The lowest BCUT2D eigenvalue weighted by Gasteiger charge is -2.15. The van der Waals surface area contributed by atoms with Gasteiger partial charge in [-0.3, -0.25) is 10.1 Å². The summed E-state index contributed by atoms with van der Waals surface area (Å²) < 4.78 is 0. The maximum absolute atomic E-state index is 11.3. The molecule has 126 valence electrons. The zero-order valence-electron chi connectivity index (χ0n) is 14.2. The van der Waals surface area contributed by atoms with Gasteiger partial charge in [-0.25, -0.2) is 4.98 Å². The second-order valence-corrected chi connectivity index (χ2v) is 6.15. The molecular formula is C22H16N2O2. The minimum Gasteiger partial charge on any atom is -0.258 e. The van der Waals surface area contributed by atoms with Crippen LogP contribution in [0.15, 0.2) is 78.9 Å². The van der Waals surface area contributed by atoms with E-state index in [-0.39, 0.29) is 10.6 Å². The summed E-state index contributed by atoms with van der Waals surface area (Å²) >= 11 is 0. The van der Waals surface area contributed by atoms with Crippen LogP contribution in [-0.4, -0.2) is 9.91 Å². The summed E-state index contributed by atoms with van der Waals surface area (Å²) in [6.45, 7) is 2.02. The first-order valence-electron chi connectivity index (χ1n) is 8.35. The van der Waals surface area contributed by atoms with E-state index in [0.29, 0.717) is 0 Å². The monoisotopic (exact) mass is 340 g/mol. The van der Waals surface area contributed by atoms with Crippen LogP contribution in [0.5, 0.6) is 0 Å². The molecule has 0 atom stereocenters. The molecule has 0 spiro atoms. The number of nitro benzene ring substituents is 1. The van der Waals surface area contributed by atoms with Gasteiger partial charge in [0.25, 0.3) is 5.69 Å². The number of nitrogens with zero attached hydrogens (tertiary/aromatic N) is 2. The maximum atomic E-state index is 11.3. The number of hydrogen-bond donors (Lipinski definition) is 0. The normalized spacial score (nSPS) is 10.8. The summed E-state index contributed by atoms with van der Waals surface area (Å²) in [6.07, 6.45) is 0. The van der Waals surface area contributed by atoms with E-state index in [1.807, 2.05) is 67.6 Å². The van der Waals surface area contributed by atoms with Crippen molar-refractivity contribution in [1.82, 2.24) is 4.98 Å². The van der Waals surface area contributed by atoms with E-state index in [4.69, 9.17) is 4.98 Å². The van der Waals surface area contributed by atoms with Crippen LogP contribution >= 0.6 is 0 Å². The molecule has 26 heavy (non-hydrogen) atoms. The number of hydrogen-bond acceptors (Lipinski definition) is 3. The molecule has 4 aromatic rings. The highest BCUT2D eigenvalue weighted by molar-refractivity contribution is 6.00. The molecular weight excluding hydrogens is 324 g/mol. The quantitative estimate of drug-likeness (QED) is 0.350. The number of rotatable bonds is 3. The van der Waals surface area contributed by atoms with Crippen LogP contribution in [0, 0.1) is 17.0 Å². The Bertz CT molecular complexity index is 1110. The molecule has 0 saturated heterocycles. The number of aromatic nitrogens is 1. The Morgan fingerprint density at radius 3 is 2.08 bits per heavy atom. The van der Waals surface area contributed by atoms with Crippen molar-refractivity contribution in [1.29, 1.82) is 0 Å². The van der Waals surface area contributed by atoms with Gasteiger partial charge in [-0.05, 0) is 29.7 Å². The average Bonchev–Trinajstić information content (AvgIpc) is 2.68. The Labute approximate surface area is 150 Å². The molecule has 4 nitrogen and oxygen atoms in total. The molecule has 0 N–H and O–H groups in total. The summed E-state index contributed by atoms with van der Waals surface area (Å²) in [5.41, 5.74) is 5.76. The van der Waals surface area contributed by atoms with Crippen LogP contribution in [0.2, 0.25) is 0 Å². The first-order valence-corrected chi connectivity index (χ1v) is 8.35. The van der Waals surface area contributed by atoms with E-state index in [2.05, 4.69) is 0 Å². The molecule has 0 amide bonds. The zero-order valence-corrected chi connectivity index (χ0v) is 14.2. The SMILES string of the molecule is Cc1c(-c2ccccc2)nc2ccc([N+](=O)[O-])cc2c1-c1ccccc1. The van der Waals surface area contributed by atoms with Gasteiger partial charge >= 0.3 is 0 Å². The molecule has 0 aliphatic heterocycles. The lowest BCUT2D eigenvalue weighted by Crippen LogP contribution is -1.96. The Balaban J connectivity index is 2.10. The summed E-state index contributed by atoms with van der Waals surface area (Å²) in [4.78, 5) is 15.7. The molecule has 0 saturated carbocycles. The second kappa shape index (κ2) is 6.41. The van der Waals surface area contributed by atoms with Gasteiger partial charge in [0.1, 0.15) is 0 Å². The minimum absolute atomic E-state index is 0.0725. The topological polar surface area (TPSA) is 56.0 Å². The van der Waals surface area contributed by atoms with Gasteiger partial charge in [0.2, 0.25) is 0 Å². The lowest BCUT2D eigenvalue weighted by atomic mass is 9.93. The largest absolute Gasteiger partial charge is 0.270 e. The van der Waals surface area contributed by atoms with Gasteiger partial charge in [-0.15, -0.1) is 0 Å². The molecule has 0 aliphatic rings. The molecule has 0 unspecified atom stereocenters. The van der Waals surface area contributed by atoms with Gasteiger partial charge in [-0.1, -0.05) is 60.7 Å². The first kappa shape index (κ1) is 16.0. The van der Waals surface area contributed by atoms with Crippen molar-refractivity contribution in [3.8, 4) is 22.4 Å². The van der Waals surface area contributed by atoms with Crippen molar-refractivity contribution in [3.05, 3.63) is 94.5 Å². The number of nitro groups is 1. The highest BCUT2D eigenvalue weighted by atomic mass is 16.6. The third-order valence-electron chi connectivity index (χ3n) is 4.53. The van der Waals surface area contributed by atoms with Crippen molar-refractivity contribution in [2.24, 2.45) is 0 Å². The van der Waals surface area contributed by atoms with Crippen molar-refractivity contribution in [3.63, 3.8) is 0 Å². The van der Waals surface area contributed by atoms with Gasteiger partial charge < -0.3 is 0 Å². The standard InChI is InChI=1S/C22H16N2O2/c1-15-21(16-8-4-2-5-9-16)19-14-18(24(25)26)12-13-20(19)23-22(15)17-10-6-3-7-11-17/h2-14H,1H3. The predicted octanol–water partition coefficient (Wildman–Crippen LogP) is 5.79. The van der Waals surface area contributed by atoms with Crippen LogP contribution in [0.25, 0.3) is 33.3 Å². The molecule has 0 fully saturated rings. The summed E-state index contributed by atoms with van der Waals surface area (Å²) in [6, 6.07) is 24.8. The molecule has 4 rings (SSSR count). The van der Waals surface area contributed by atoms with Crippen LogP contribution in [0.1, 0.15) is 5.56 Å². The number of fused-ring (bicyclic) bond motifs is 1. The fraction of sp³-hybridized carbons (Fsp3) is 0.0455. The van der Waals surface area contributed by atoms with Crippen molar-refractivity contribution in [2.75, 3.05) is 0 Å². The van der Waals surface area contributed by atoms with E-state index >= 15 is 0 Å². The Morgan fingerprint density at radius 2 is 1.46 bits per heavy atom. The molecule has 1 heterocycles.